The van der Waals surface area contributed by atoms with Crippen molar-refractivity contribution in [3.8, 4) is 11.4 Å². The predicted molar refractivity (Wildman–Crippen MR) is 161 cm³/mol. The number of benzene rings is 3. The Kier molecular flexibility index (Phi) is 7.27. The summed E-state index contributed by atoms with van der Waals surface area (Å²) in [5.41, 5.74) is 4.17. The lowest BCUT2D eigenvalue weighted by molar-refractivity contribution is 0.647. The van der Waals surface area contributed by atoms with Crippen LogP contribution in [-0.4, -0.2) is 19.3 Å². The molecule has 2 heterocycles. The zero-order chi connectivity index (χ0) is 27.8. The molecule has 1 aliphatic carbocycles. The molecule has 0 unspecified atom stereocenters. The molecule has 0 radical (unpaired) electrons. The van der Waals surface area contributed by atoms with Gasteiger partial charge >= 0.3 is 0 Å². The van der Waals surface area contributed by atoms with Crippen LogP contribution in [0.5, 0.6) is 0 Å². The average Bonchev–Trinajstić information content (AvgIpc) is 3.74. The van der Waals surface area contributed by atoms with Gasteiger partial charge in [-0.25, -0.2) is 19.3 Å². The predicted octanol–water partition coefficient (Wildman–Crippen LogP) is 5.03. The van der Waals surface area contributed by atoms with Gasteiger partial charge in [0, 0.05) is 16.0 Å². The zero-order valence-corrected chi connectivity index (χ0v) is 23.8. The molecule has 3 aromatic carbocycles. The van der Waals surface area contributed by atoms with Crippen molar-refractivity contribution in [3.63, 3.8) is 0 Å². The molecule has 0 amide bonds. The second kappa shape index (κ2) is 10.6. The van der Waals surface area contributed by atoms with E-state index in [9.17, 15) is 9.59 Å². The minimum absolute atomic E-state index is 0.181. The highest BCUT2D eigenvalue weighted by atomic mass is 79.9. The summed E-state index contributed by atoms with van der Waals surface area (Å²) >= 11 is 3.35. The van der Waals surface area contributed by atoms with Gasteiger partial charge < -0.3 is 11.7 Å². The molecule has 4 N–H and O–H groups in total. The van der Waals surface area contributed by atoms with Crippen LogP contribution in [0.3, 0.4) is 0 Å². The van der Waals surface area contributed by atoms with E-state index in [-0.39, 0.29) is 11.1 Å². The summed E-state index contributed by atoms with van der Waals surface area (Å²) in [7, 11) is 0. The van der Waals surface area contributed by atoms with Crippen molar-refractivity contribution in [2.75, 3.05) is 11.7 Å². The number of fused-ring (bicyclic) bond motifs is 2. The number of rotatable bonds is 4. The highest BCUT2D eigenvalue weighted by Gasteiger charge is 2.29. The van der Waals surface area contributed by atoms with Crippen LogP contribution in [0, 0.1) is 12.8 Å². The van der Waals surface area contributed by atoms with Crippen LogP contribution < -0.4 is 22.8 Å². The molecule has 1 fully saturated rings. The molecule has 1 saturated carbocycles. The summed E-state index contributed by atoms with van der Waals surface area (Å²) < 4.78 is 3.06. The molecule has 39 heavy (non-hydrogen) atoms. The van der Waals surface area contributed by atoms with Gasteiger partial charge in [-0.2, -0.15) is 0 Å². The molecule has 8 nitrogen and oxygen atoms in total. The third-order valence-corrected chi connectivity index (χ3v) is 7.42. The largest absolute Gasteiger partial charge is 0.335 e. The van der Waals surface area contributed by atoms with Crippen LogP contribution in [0.15, 0.2) is 74.7 Å². The van der Waals surface area contributed by atoms with E-state index in [1.807, 2.05) is 49.4 Å². The fraction of sp³-hybridized carbons (Fsp3) is 0.267. The molecule has 0 aliphatic heterocycles. The van der Waals surface area contributed by atoms with Gasteiger partial charge in [-0.15, -0.1) is 0 Å². The van der Waals surface area contributed by atoms with Gasteiger partial charge in [0.05, 0.1) is 21.8 Å². The van der Waals surface area contributed by atoms with E-state index >= 15 is 0 Å². The summed E-state index contributed by atoms with van der Waals surface area (Å²) in [6.07, 6.45) is 3.17. The van der Waals surface area contributed by atoms with Crippen molar-refractivity contribution >= 4 is 37.7 Å². The second-order valence-electron chi connectivity index (χ2n) is 10.5. The fourth-order valence-electron chi connectivity index (χ4n) is 4.62. The lowest BCUT2D eigenvalue weighted by atomic mass is 10.0. The molecule has 0 atom stereocenters. The summed E-state index contributed by atoms with van der Waals surface area (Å²) in [5, 5.41) is 1.09. The Morgan fingerprint density at radius 3 is 2.31 bits per heavy atom. The lowest BCUT2D eigenvalue weighted by Crippen LogP contribution is -2.31. The van der Waals surface area contributed by atoms with Crippen molar-refractivity contribution in [1.82, 2.24) is 19.3 Å². The summed E-state index contributed by atoms with van der Waals surface area (Å²) in [4.78, 5) is 33.6. The van der Waals surface area contributed by atoms with Gasteiger partial charge in [0.2, 0.25) is 0 Å². The Hall–Kier alpha value is -3.98. The monoisotopic (exact) mass is 586 g/mol. The number of nitrogens with zero attached hydrogens (tertiary/aromatic N) is 4. The van der Waals surface area contributed by atoms with Crippen LogP contribution in [0.1, 0.15) is 49.6 Å². The number of halogens is 1. The standard InChI is InChI=1S/C19H21N3O.C11H10BrN3O/c1-12(2)10-14-5-7-15(8-6-14)18-21-17-11-13(3)4-9-16(17)19(23)22(18)20;12-7-2-1-3-8-9(7)11(16)15(13)10(14-8)6-4-5-6/h4-9,11-12H,10,20H2,1-3H3;1-3,6H,4-5,13H2. The van der Waals surface area contributed by atoms with Crippen molar-refractivity contribution in [1.29, 1.82) is 0 Å². The first-order chi connectivity index (χ1) is 18.6. The van der Waals surface area contributed by atoms with E-state index < -0.39 is 0 Å². The van der Waals surface area contributed by atoms with Gasteiger partial charge in [-0.3, -0.25) is 9.59 Å². The summed E-state index contributed by atoms with van der Waals surface area (Å²) in [5.74, 6) is 13.9. The number of nitrogens with two attached hydrogens (primary N) is 2. The summed E-state index contributed by atoms with van der Waals surface area (Å²) in [6.45, 7) is 6.37. The number of aromatic nitrogens is 4. The highest BCUT2D eigenvalue weighted by Crippen LogP contribution is 2.38. The first kappa shape index (κ1) is 26.6. The Balaban J connectivity index is 0.000000168. The number of aryl methyl sites for hydroxylation is 1. The van der Waals surface area contributed by atoms with E-state index in [1.165, 1.54) is 10.2 Å². The molecule has 0 bridgehead atoms. The molecule has 5 aromatic rings. The lowest BCUT2D eigenvalue weighted by Gasteiger charge is -2.10. The molecule has 1 aliphatic rings. The number of hydrogen-bond acceptors (Lipinski definition) is 6. The Bertz CT molecular complexity index is 1800. The third-order valence-electron chi connectivity index (χ3n) is 6.76. The Morgan fingerprint density at radius 2 is 1.64 bits per heavy atom. The maximum Gasteiger partial charge on any atom is 0.280 e. The van der Waals surface area contributed by atoms with E-state index in [4.69, 9.17) is 11.7 Å². The normalized spacial score (nSPS) is 13.1. The van der Waals surface area contributed by atoms with Crippen molar-refractivity contribution in [3.05, 3.63) is 103 Å². The smallest absolute Gasteiger partial charge is 0.280 e. The quantitative estimate of drug-likeness (QED) is 0.285. The molecule has 0 spiro atoms. The topological polar surface area (TPSA) is 122 Å². The number of hydrogen-bond donors (Lipinski definition) is 2. The van der Waals surface area contributed by atoms with Crippen LogP contribution in [0.4, 0.5) is 0 Å². The zero-order valence-electron chi connectivity index (χ0n) is 22.2. The van der Waals surface area contributed by atoms with Crippen molar-refractivity contribution in [2.24, 2.45) is 5.92 Å². The molecule has 0 saturated heterocycles. The van der Waals surface area contributed by atoms with E-state index in [2.05, 4.69) is 51.9 Å². The van der Waals surface area contributed by atoms with Gasteiger partial charge in [0.1, 0.15) is 5.82 Å². The van der Waals surface area contributed by atoms with Crippen LogP contribution in [-0.2, 0) is 6.42 Å². The Morgan fingerprint density at radius 1 is 0.923 bits per heavy atom. The third kappa shape index (κ3) is 5.45. The first-order valence-electron chi connectivity index (χ1n) is 13.0. The maximum absolute atomic E-state index is 12.4. The Labute approximate surface area is 234 Å². The SMILES string of the molecule is Cc1ccc2c(=O)n(N)c(-c3ccc(CC(C)C)cc3)nc2c1.Nn1c(C2CC2)nc2cccc(Br)c2c1=O. The second-order valence-corrected chi connectivity index (χ2v) is 11.3. The fourth-order valence-corrected chi connectivity index (χ4v) is 5.15. The first-order valence-corrected chi connectivity index (χ1v) is 13.8. The minimum Gasteiger partial charge on any atom is -0.335 e. The van der Waals surface area contributed by atoms with Crippen molar-refractivity contribution < 1.29 is 0 Å². The molecule has 2 aromatic heterocycles. The van der Waals surface area contributed by atoms with Gasteiger partial charge in [-0.1, -0.05) is 50.2 Å². The van der Waals surface area contributed by atoms with E-state index in [0.29, 0.717) is 45.3 Å². The van der Waals surface area contributed by atoms with Gasteiger partial charge in [0.15, 0.2) is 5.82 Å². The maximum atomic E-state index is 12.4. The minimum atomic E-state index is -0.226. The van der Waals surface area contributed by atoms with Crippen molar-refractivity contribution in [2.45, 2.75) is 46.0 Å². The van der Waals surface area contributed by atoms with E-state index in [0.717, 1.165) is 39.5 Å². The van der Waals surface area contributed by atoms with Crippen LogP contribution >= 0.6 is 15.9 Å². The van der Waals surface area contributed by atoms with Crippen LogP contribution in [0.25, 0.3) is 33.2 Å². The number of nitrogen functional groups attached to an aromatic ring is 2. The van der Waals surface area contributed by atoms with Gasteiger partial charge in [0.25, 0.3) is 11.1 Å². The molecular weight excluding hydrogens is 556 g/mol. The molecular formula is C30H31BrN6O2. The highest BCUT2D eigenvalue weighted by molar-refractivity contribution is 9.10. The molecule has 9 heteroatoms. The van der Waals surface area contributed by atoms with Gasteiger partial charge in [-0.05, 0) is 83.4 Å². The molecule has 200 valence electrons. The summed E-state index contributed by atoms with van der Waals surface area (Å²) in [6, 6.07) is 19.2. The van der Waals surface area contributed by atoms with E-state index in [1.54, 1.807) is 6.07 Å². The van der Waals surface area contributed by atoms with Crippen LogP contribution in [0.2, 0.25) is 0 Å². The molecule has 6 rings (SSSR count). The average molecular weight is 588 g/mol.